The van der Waals surface area contributed by atoms with Crippen molar-refractivity contribution in [2.45, 2.75) is 37.8 Å². The maximum absolute atomic E-state index is 11.5. The Morgan fingerprint density at radius 2 is 1.33 bits per heavy atom. The lowest BCUT2D eigenvalue weighted by molar-refractivity contribution is 0.334. The van der Waals surface area contributed by atoms with Crippen LogP contribution < -0.4 is 34.3 Å². The predicted molar refractivity (Wildman–Crippen MR) is 164 cm³/mol. The number of ether oxygens (including phenoxy) is 5. The number of nitrogens with one attached hydrogen (secondary N) is 2. The summed E-state index contributed by atoms with van der Waals surface area (Å²) in [6.45, 7) is 1.66. The van der Waals surface area contributed by atoms with E-state index in [-0.39, 0.29) is 17.8 Å². The van der Waals surface area contributed by atoms with Crippen LogP contribution in [0, 0.1) is 0 Å². The summed E-state index contributed by atoms with van der Waals surface area (Å²) in [5.74, 6) is 3.98. The van der Waals surface area contributed by atoms with Gasteiger partial charge < -0.3 is 39.4 Å². The highest BCUT2D eigenvalue weighted by Gasteiger charge is 2.31. The molecule has 0 saturated carbocycles. The molecule has 0 saturated heterocycles. The van der Waals surface area contributed by atoms with Gasteiger partial charge in [0.25, 0.3) is 0 Å². The minimum absolute atomic E-state index is 0.0305. The van der Waals surface area contributed by atoms with E-state index in [1.807, 2.05) is 36.4 Å². The Labute approximate surface area is 251 Å². The van der Waals surface area contributed by atoms with Crippen molar-refractivity contribution in [1.82, 2.24) is 10.6 Å². The normalized spacial score (nSPS) is 18.8. The maximum Gasteiger partial charge on any atom is 0.201 e. The standard InChI is InChI=1S/C35H36N2O6/c1-39-28-9-6-21-15-27-33-23(11-13-37-27)18-32(41-3)34(38)35(33)43-31-19-25-22(17-29(31)40-2)10-12-36-26(25)14-20-4-7-24(8-5-20)42-30(28)16-21/h4-9,16-19,26-27,36-38H,10-15H2,1-3H3. The smallest absolute Gasteiger partial charge is 0.201 e. The number of benzene rings is 4. The summed E-state index contributed by atoms with van der Waals surface area (Å²) in [6, 6.07) is 20.3. The van der Waals surface area contributed by atoms with Crippen LogP contribution in [0.5, 0.6) is 46.0 Å². The first-order valence-corrected chi connectivity index (χ1v) is 14.8. The van der Waals surface area contributed by atoms with Gasteiger partial charge in [0.05, 0.1) is 21.3 Å². The van der Waals surface area contributed by atoms with Crippen LogP contribution in [0.25, 0.3) is 0 Å². The largest absolute Gasteiger partial charge is 0.502 e. The van der Waals surface area contributed by atoms with E-state index >= 15 is 0 Å². The highest BCUT2D eigenvalue weighted by Crippen LogP contribution is 2.50. The van der Waals surface area contributed by atoms with Crippen LogP contribution in [0.4, 0.5) is 0 Å². The summed E-state index contributed by atoms with van der Waals surface area (Å²) in [7, 11) is 4.87. The van der Waals surface area contributed by atoms with Crippen LogP contribution in [0.2, 0.25) is 0 Å². The zero-order chi connectivity index (χ0) is 29.5. The molecule has 0 fully saturated rings. The lowest BCUT2D eigenvalue weighted by Gasteiger charge is -2.31. The summed E-state index contributed by atoms with van der Waals surface area (Å²) in [4.78, 5) is 0. The zero-order valence-electron chi connectivity index (χ0n) is 24.7. The number of fused-ring (bicyclic) bond motifs is 2. The van der Waals surface area contributed by atoms with Crippen LogP contribution in [0.3, 0.4) is 0 Å². The molecule has 0 radical (unpaired) electrons. The quantitative estimate of drug-likeness (QED) is 0.265. The third-order valence-electron chi connectivity index (χ3n) is 8.75. The van der Waals surface area contributed by atoms with Crippen molar-refractivity contribution in [2.75, 3.05) is 34.4 Å². The number of hydrogen-bond donors (Lipinski definition) is 3. The molecule has 0 aliphatic carbocycles. The molecule has 0 spiro atoms. The second-order valence-corrected chi connectivity index (χ2v) is 11.3. The Hall–Kier alpha value is -4.40. The topological polar surface area (TPSA) is 90.4 Å². The molecule has 8 nitrogen and oxygen atoms in total. The number of aromatic hydroxyl groups is 1. The van der Waals surface area contributed by atoms with Gasteiger partial charge in [-0.25, -0.2) is 0 Å². The number of hydrogen-bond acceptors (Lipinski definition) is 8. The van der Waals surface area contributed by atoms with Crippen molar-refractivity contribution >= 4 is 0 Å². The second kappa shape index (κ2) is 11.4. The molecule has 0 amide bonds. The van der Waals surface area contributed by atoms with Gasteiger partial charge in [-0.15, -0.1) is 0 Å². The van der Waals surface area contributed by atoms with Crippen molar-refractivity contribution in [2.24, 2.45) is 0 Å². The lowest BCUT2D eigenvalue weighted by Crippen LogP contribution is -2.32. The molecular formula is C35H36N2O6. The fraction of sp³-hybridized carbons (Fsp3) is 0.314. The summed E-state index contributed by atoms with van der Waals surface area (Å²) < 4.78 is 30.1. The molecule has 6 bridgehead atoms. The third kappa shape index (κ3) is 5.11. The molecule has 8 heteroatoms. The average Bonchev–Trinajstić information content (AvgIpc) is 3.03. The molecule has 4 aromatic carbocycles. The molecule has 43 heavy (non-hydrogen) atoms. The summed E-state index contributed by atoms with van der Waals surface area (Å²) in [6.07, 6.45) is 3.10. The maximum atomic E-state index is 11.5. The van der Waals surface area contributed by atoms with Gasteiger partial charge in [0.1, 0.15) is 5.75 Å². The minimum atomic E-state index is -0.131. The Morgan fingerprint density at radius 1 is 0.674 bits per heavy atom. The molecule has 4 aromatic rings. The van der Waals surface area contributed by atoms with Crippen LogP contribution in [-0.4, -0.2) is 39.5 Å². The molecule has 4 aliphatic rings. The SMILES string of the molecule is COc1ccc2cc1Oc1ccc(cc1)CC1NCCc3cc(OC)c(cc31)Oc1c(O)c(OC)cc3c1C(C2)NCC3. The number of phenols is 1. The van der Waals surface area contributed by atoms with E-state index in [2.05, 4.69) is 34.9 Å². The molecule has 8 rings (SSSR count). The van der Waals surface area contributed by atoms with Gasteiger partial charge in [-0.2, -0.15) is 0 Å². The second-order valence-electron chi connectivity index (χ2n) is 11.3. The van der Waals surface area contributed by atoms with E-state index in [0.717, 1.165) is 60.4 Å². The highest BCUT2D eigenvalue weighted by atomic mass is 16.5. The van der Waals surface area contributed by atoms with Gasteiger partial charge >= 0.3 is 0 Å². The fourth-order valence-electron chi connectivity index (χ4n) is 6.60. The molecule has 2 atom stereocenters. The average molecular weight is 581 g/mol. The predicted octanol–water partition coefficient (Wildman–Crippen LogP) is 6.18. The first kappa shape index (κ1) is 27.4. The first-order chi connectivity index (χ1) is 21.0. The van der Waals surface area contributed by atoms with Crippen molar-refractivity contribution in [3.63, 3.8) is 0 Å². The summed E-state index contributed by atoms with van der Waals surface area (Å²) in [5, 5.41) is 18.9. The van der Waals surface area contributed by atoms with E-state index in [1.54, 1.807) is 21.3 Å². The Bertz CT molecular complexity index is 1670. The molecule has 222 valence electrons. The van der Waals surface area contributed by atoms with Gasteiger partial charge in [-0.3, -0.25) is 0 Å². The van der Waals surface area contributed by atoms with Gasteiger partial charge in [-0.1, -0.05) is 18.2 Å². The third-order valence-corrected chi connectivity index (χ3v) is 8.75. The van der Waals surface area contributed by atoms with Crippen molar-refractivity contribution in [3.8, 4) is 46.0 Å². The van der Waals surface area contributed by atoms with E-state index < -0.39 is 0 Å². The van der Waals surface area contributed by atoms with Gasteiger partial charge in [0.2, 0.25) is 5.75 Å². The van der Waals surface area contributed by atoms with E-state index in [0.29, 0.717) is 40.9 Å². The zero-order valence-corrected chi connectivity index (χ0v) is 24.7. The Morgan fingerprint density at radius 3 is 2.09 bits per heavy atom. The van der Waals surface area contributed by atoms with Crippen LogP contribution in [0.15, 0.2) is 60.7 Å². The first-order valence-electron chi connectivity index (χ1n) is 14.8. The monoisotopic (exact) mass is 580 g/mol. The summed E-state index contributed by atoms with van der Waals surface area (Å²) in [5.41, 5.74) is 6.61. The van der Waals surface area contributed by atoms with E-state index in [1.165, 1.54) is 11.1 Å². The van der Waals surface area contributed by atoms with Crippen LogP contribution >= 0.6 is 0 Å². The lowest BCUT2D eigenvalue weighted by atomic mass is 9.88. The van der Waals surface area contributed by atoms with Crippen LogP contribution in [-0.2, 0) is 25.7 Å². The number of rotatable bonds is 3. The number of methoxy groups -OCH3 is 3. The van der Waals surface area contributed by atoms with Crippen LogP contribution in [0.1, 0.15) is 45.5 Å². The molecule has 4 aliphatic heterocycles. The molecule has 0 aromatic heterocycles. The molecular weight excluding hydrogens is 544 g/mol. The fourth-order valence-corrected chi connectivity index (χ4v) is 6.60. The van der Waals surface area contributed by atoms with Gasteiger partial charge in [0, 0.05) is 17.6 Å². The number of phenolic OH excluding ortho intramolecular Hbond substituents is 1. The molecule has 3 N–H and O–H groups in total. The Kier molecular flexibility index (Phi) is 7.24. The van der Waals surface area contributed by atoms with Gasteiger partial charge in [0.15, 0.2) is 34.5 Å². The van der Waals surface area contributed by atoms with E-state index in [9.17, 15) is 5.11 Å². The highest BCUT2D eigenvalue weighted by molar-refractivity contribution is 5.63. The molecule has 4 heterocycles. The minimum Gasteiger partial charge on any atom is -0.502 e. The van der Waals surface area contributed by atoms with Crippen molar-refractivity contribution in [3.05, 3.63) is 94.0 Å². The van der Waals surface area contributed by atoms with Crippen molar-refractivity contribution in [1.29, 1.82) is 0 Å². The summed E-state index contributed by atoms with van der Waals surface area (Å²) >= 11 is 0. The molecule has 2 unspecified atom stereocenters. The Balaban J connectivity index is 1.43. The van der Waals surface area contributed by atoms with Crippen molar-refractivity contribution < 1.29 is 28.8 Å². The van der Waals surface area contributed by atoms with Gasteiger partial charge in [-0.05, 0) is 109 Å². The van der Waals surface area contributed by atoms with E-state index in [4.69, 9.17) is 23.7 Å².